The van der Waals surface area contributed by atoms with Crippen LogP contribution in [0.5, 0.6) is 0 Å². The van der Waals surface area contributed by atoms with E-state index in [-0.39, 0.29) is 5.54 Å². The van der Waals surface area contributed by atoms with E-state index in [2.05, 4.69) is 12.2 Å². The second kappa shape index (κ2) is 3.89. The standard InChI is InChI=1S/C12H15F2N/c1-2-12(6-3-7-15-12)9-4-5-10(13)11(14)8-9/h4-5,8,15H,2-3,6-7H2,1H3. The van der Waals surface area contributed by atoms with Crippen LogP contribution < -0.4 is 5.32 Å². The Labute approximate surface area is 88.5 Å². The normalized spacial score (nSPS) is 25.8. The molecule has 0 aliphatic carbocycles. The van der Waals surface area contributed by atoms with Crippen molar-refractivity contribution in [2.45, 2.75) is 31.7 Å². The van der Waals surface area contributed by atoms with Crippen LogP contribution in [0.3, 0.4) is 0 Å². The fourth-order valence-electron chi connectivity index (χ4n) is 2.35. The number of hydrogen-bond acceptors (Lipinski definition) is 1. The van der Waals surface area contributed by atoms with Gasteiger partial charge in [0.1, 0.15) is 0 Å². The van der Waals surface area contributed by atoms with Crippen LogP contribution in [0.1, 0.15) is 31.7 Å². The van der Waals surface area contributed by atoms with Crippen molar-refractivity contribution in [3.63, 3.8) is 0 Å². The first-order chi connectivity index (χ1) is 7.18. The van der Waals surface area contributed by atoms with Gasteiger partial charge in [0.05, 0.1) is 0 Å². The number of halogens is 2. The average Bonchev–Trinajstić information content (AvgIpc) is 2.72. The lowest BCUT2D eigenvalue weighted by atomic mass is 9.86. The number of hydrogen-bond donors (Lipinski definition) is 1. The van der Waals surface area contributed by atoms with Gasteiger partial charge in [-0.25, -0.2) is 8.78 Å². The van der Waals surface area contributed by atoms with Gasteiger partial charge in [-0.3, -0.25) is 0 Å². The highest BCUT2D eigenvalue weighted by Gasteiger charge is 2.33. The summed E-state index contributed by atoms with van der Waals surface area (Å²) < 4.78 is 26.0. The lowest BCUT2D eigenvalue weighted by molar-refractivity contribution is 0.372. The van der Waals surface area contributed by atoms with Crippen LogP contribution in [-0.4, -0.2) is 6.54 Å². The van der Waals surface area contributed by atoms with E-state index in [1.807, 2.05) is 0 Å². The molecule has 1 saturated heterocycles. The van der Waals surface area contributed by atoms with Gasteiger partial charge in [-0.1, -0.05) is 13.0 Å². The van der Waals surface area contributed by atoms with Crippen molar-refractivity contribution in [2.75, 3.05) is 6.54 Å². The fraction of sp³-hybridized carbons (Fsp3) is 0.500. The first-order valence-electron chi connectivity index (χ1n) is 5.38. The third-order valence-corrected chi connectivity index (χ3v) is 3.32. The molecule has 1 aromatic carbocycles. The second-order valence-electron chi connectivity index (χ2n) is 4.09. The zero-order chi connectivity index (χ0) is 10.9. The number of nitrogens with one attached hydrogen (secondary N) is 1. The summed E-state index contributed by atoms with van der Waals surface area (Å²) in [5.41, 5.74) is 0.718. The molecule has 1 nitrogen and oxygen atoms in total. The molecule has 0 saturated carbocycles. The van der Waals surface area contributed by atoms with E-state index in [0.29, 0.717) is 0 Å². The quantitative estimate of drug-likeness (QED) is 0.793. The van der Waals surface area contributed by atoms with Crippen molar-refractivity contribution in [3.05, 3.63) is 35.4 Å². The maximum atomic E-state index is 13.1. The molecule has 0 spiro atoms. The number of rotatable bonds is 2. The molecule has 0 amide bonds. The van der Waals surface area contributed by atoms with Crippen LogP contribution >= 0.6 is 0 Å². The first-order valence-corrected chi connectivity index (χ1v) is 5.38. The maximum Gasteiger partial charge on any atom is 0.159 e. The van der Waals surface area contributed by atoms with Crippen LogP contribution in [0.2, 0.25) is 0 Å². The van der Waals surface area contributed by atoms with Gasteiger partial charge in [0.25, 0.3) is 0 Å². The summed E-state index contributed by atoms with van der Waals surface area (Å²) in [7, 11) is 0. The Morgan fingerprint density at radius 2 is 2.13 bits per heavy atom. The summed E-state index contributed by atoms with van der Waals surface area (Å²) in [5, 5.41) is 3.39. The van der Waals surface area contributed by atoms with E-state index in [1.165, 1.54) is 12.1 Å². The topological polar surface area (TPSA) is 12.0 Å². The zero-order valence-corrected chi connectivity index (χ0v) is 8.82. The van der Waals surface area contributed by atoms with E-state index in [1.54, 1.807) is 6.07 Å². The Morgan fingerprint density at radius 3 is 2.67 bits per heavy atom. The predicted octanol–water partition coefficient (Wildman–Crippen LogP) is 2.95. The largest absolute Gasteiger partial charge is 0.307 e. The lowest BCUT2D eigenvalue weighted by Gasteiger charge is -2.28. The van der Waals surface area contributed by atoms with Gasteiger partial charge in [0.2, 0.25) is 0 Å². The summed E-state index contributed by atoms with van der Waals surface area (Å²) in [4.78, 5) is 0. The Hall–Kier alpha value is -0.960. The van der Waals surface area contributed by atoms with Crippen molar-refractivity contribution in [2.24, 2.45) is 0 Å². The molecule has 1 aromatic rings. The molecule has 2 rings (SSSR count). The van der Waals surface area contributed by atoms with Crippen molar-refractivity contribution >= 4 is 0 Å². The van der Waals surface area contributed by atoms with E-state index < -0.39 is 11.6 Å². The molecule has 1 unspecified atom stereocenters. The molecule has 0 aromatic heterocycles. The Kier molecular flexibility index (Phi) is 2.74. The van der Waals surface area contributed by atoms with Crippen LogP contribution in [0.15, 0.2) is 18.2 Å². The molecular weight excluding hydrogens is 196 g/mol. The van der Waals surface area contributed by atoms with Crippen LogP contribution in [0.4, 0.5) is 8.78 Å². The predicted molar refractivity (Wildman–Crippen MR) is 55.6 cm³/mol. The van der Waals surface area contributed by atoms with Gasteiger partial charge in [-0.05, 0) is 43.5 Å². The van der Waals surface area contributed by atoms with Gasteiger partial charge >= 0.3 is 0 Å². The van der Waals surface area contributed by atoms with Crippen molar-refractivity contribution < 1.29 is 8.78 Å². The van der Waals surface area contributed by atoms with Crippen molar-refractivity contribution in [1.29, 1.82) is 0 Å². The zero-order valence-electron chi connectivity index (χ0n) is 8.82. The minimum Gasteiger partial charge on any atom is -0.307 e. The molecule has 1 aliphatic rings. The van der Waals surface area contributed by atoms with E-state index in [9.17, 15) is 8.78 Å². The molecule has 1 N–H and O–H groups in total. The minimum absolute atomic E-state index is 0.144. The molecule has 1 heterocycles. The average molecular weight is 211 g/mol. The molecular formula is C12H15F2N. The summed E-state index contributed by atoms with van der Waals surface area (Å²) in [6.07, 6.45) is 2.99. The molecule has 1 fully saturated rings. The molecule has 1 atom stereocenters. The van der Waals surface area contributed by atoms with Crippen LogP contribution in [0, 0.1) is 11.6 Å². The summed E-state index contributed by atoms with van der Waals surface area (Å²) in [6.45, 7) is 3.02. The Balaban J connectivity index is 2.38. The molecule has 0 radical (unpaired) electrons. The SMILES string of the molecule is CCC1(c2ccc(F)c(F)c2)CCCN1. The summed E-state index contributed by atoms with van der Waals surface area (Å²) >= 11 is 0. The summed E-state index contributed by atoms with van der Waals surface area (Å²) in [6, 6.07) is 4.21. The van der Waals surface area contributed by atoms with Gasteiger partial charge in [0.15, 0.2) is 11.6 Å². The maximum absolute atomic E-state index is 13.1. The third kappa shape index (κ3) is 1.76. The number of benzene rings is 1. The monoisotopic (exact) mass is 211 g/mol. The van der Waals surface area contributed by atoms with E-state index >= 15 is 0 Å². The first kappa shape index (κ1) is 10.6. The highest BCUT2D eigenvalue weighted by Crippen LogP contribution is 2.34. The Morgan fingerprint density at radius 1 is 1.33 bits per heavy atom. The molecule has 3 heteroatoms. The lowest BCUT2D eigenvalue weighted by Crippen LogP contribution is -2.36. The molecule has 1 aliphatic heterocycles. The van der Waals surface area contributed by atoms with Crippen molar-refractivity contribution in [3.8, 4) is 0 Å². The second-order valence-corrected chi connectivity index (χ2v) is 4.09. The smallest absolute Gasteiger partial charge is 0.159 e. The van der Waals surface area contributed by atoms with Gasteiger partial charge < -0.3 is 5.32 Å². The van der Waals surface area contributed by atoms with Crippen LogP contribution in [-0.2, 0) is 5.54 Å². The minimum atomic E-state index is -0.775. The highest BCUT2D eigenvalue weighted by molar-refractivity contribution is 5.27. The molecule has 0 bridgehead atoms. The third-order valence-electron chi connectivity index (χ3n) is 3.32. The molecule has 15 heavy (non-hydrogen) atoms. The van der Waals surface area contributed by atoms with Crippen molar-refractivity contribution in [1.82, 2.24) is 5.32 Å². The van der Waals surface area contributed by atoms with E-state index in [0.717, 1.165) is 31.4 Å². The van der Waals surface area contributed by atoms with Gasteiger partial charge in [0, 0.05) is 5.54 Å². The fourth-order valence-corrected chi connectivity index (χ4v) is 2.35. The van der Waals surface area contributed by atoms with E-state index in [4.69, 9.17) is 0 Å². The summed E-state index contributed by atoms with van der Waals surface area (Å²) in [5.74, 6) is -1.53. The molecule has 82 valence electrons. The van der Waals surface area contributed by atoms with Gasteiger partial charge in [-0.15, -0.1) is 0 Å². The highest BCUT2D eigenvalue weighted by atomic mass is 19.2. The van der Waals surface area contributed by atoms with Gasteiger partial charge in [-0.2, -0.15) is 0 Å². The van der Waals surface area contributed by atoms with Crippen LogP contribution in [0.25, 0.3) is 0 Å². The Bertz CT molecular complexity index is 357.